The highest BCUT2D eigenvalue weighted by atomic mass is 35.5. The smallest absolute Gasteiger partial charge is 0.243 e. The molecule has 1 unspecified atom stereocenters. The van der Waals surface area contributed by atoms with Gasteiger partial charge in [0, 0.05) is 37.5 Å². The molecule has 7 nitrogen and oxygen atoms in total. The Morgan fingerprint density at radius 3 is 2.29 bits per heavy atom. The summed E-state index contributed by atoms with van der Waals surface area (Å²) in [6.45, 7) is 6.63. The van der Waals surface area contributed by atoms with Crippen LogP contribution >= 0.6 is 11.6 Å². The fraction of sp³-hybridized carbons (Fsp3) is 0.375. The van der Waals surface area contributed by atoms with E-state index in [1.807, 2.05) is 68.4 Å². The van der Waals surface area contributed by atoms with Crippen LogP contribution in [0.1, 0.15) is 48.4 Å². The maximum atomic E-state index is 13.9. The number of hydrogen-bond acceptors (Lipinski definition) is 4. The minimum Gasteiger partial charge on any atom is -0.354 e. The van der Waals surface area contributed by atoms with Crippen molar-refractivity contribution in [2.75, 3.05) is 23.7 Å². The van der Waals surface area contributed by atoms with Crippen LogP contribution in [0.15, 0.2) is 72.8 Å². The fourth-order valence-electron chi connectivity index (χ4n) is 4.78. The lowest BCUT2D eigenvalue weighted by molar-refractivity contribution is -0.141. The predicted octanol–water partition coefficient (Wildman–Crippen LogP) is 5.67. The van der Waals surface area contributed by atoms with E-state index in [4.69, 9.17) is 11.6 Å². The molecule has 220 valence electrons. The number of carbonyl (C=O) groups excluding carboxylic acids is 2. The van der Waals surface area contributed by atoms with Gasteiger partial charge in [0.15, 0.2) is 0 Å². The van der Waals surface area contributed by atoms with Gasteiger partial charge in [0.05, 0.1) is 11.9 Å². The van der Waals surface area contributed by atoms with E-state index in [-0.39, 0.29) is 37.7 Å². The molecule has 0 fully saturated rings. The first-order valence-electron chi connectivity index (χ1n) is 13.9. The summed E-state index contributed by atoms with van der Waals surface area (Å²) in [4.78, 5) is 29.0. The number of hydrogen-bond donors (Lipinski definition) is 1. The molecule has 0 saturated carbocycles. The summed E-state index contributed by atoms with van der Waals surface area (Å²) in [5, 5.41) is 3.45. The minimum atomic E-state index is -3.62. The molecule has 41 heavy (non-hydrogen) atoms. The number of rotatable bonds is 14. The molecule has 0 aliphatic heterocycles. The fourth-order valence-corrected chi connectivity index (χ4v) is 5.96. The molecule has 1 N–H and O–H groups in total. The lowest BCUT2D eigenvalue weighted by Crippen LogP contribution is -2.50. The highest BCUT2D eigenvalue weighted by Gasteiger charge is 2.30. The summed E-state index contributed by atoms with van der Waals surface area (Å²) < 4.78 is 26.7. The number of halogens is 1. The Balaban J connectivity index is 1.89. The quantitative estimate of drug-likeness (QED) is 0.259. The third-order valence-corrected chi connectivity index (χ3v) is 8.51. The van der Waals surface area contributed by atoms with Gasteiger partial charge in [0.25, 0.3) is 0 Å². The molecule has 3 aromatic rings. The topological polar surface area (TPSA) is 86.8 Å². The van der Waals surface area contributed by atoms with Gasteiger partial charge in [-0.25, -0.2) is 8.42 Å². The van der Waals surface area contributed by atoms with Gasteiger partial charge in [-0.05, 0) is 55.5 Å². The first-order valence-corrected chi connectivity index (χ1v) is 16.1. The molecular weight excluding hydrogens is 558 g/mol. The Hall–Kier alpha value is -3.36. The average Bonchev–Trinajstić information content (AvgIpc) is 2.93. The van der Waals surface area contributed by atoms with Gasteiger partial charge >= 0.3 is 0 Å². The van der Waals surface area contributed by atoms with Gasteiger partial charge in [-0.2, -0.15) is 0 Å². The Bertz CT molecular complexity index is 1430. The monoisotopic (exact) mass is 597 g/mol. The number of benzene rings is 3. The average molecular weight is 598 g/mol. The van der Waals surface area contributed by atoms with Crippen molar-refractivity contribution in [2.24, 2.45) is 0 Å². The maximum Gasteiger partial charge on any atom is 0.243 e. The second kappa shape index (κ2) is 15.0. The number of nitrogens with one attached hydrogen (secondary N) is 1. The summed E-state index contributed by atoms with van der Waals surface area (Å²) in [5.74, 6) is -0.417. The number of carbonyl (C=O) groups is 2. The first kappa shape index (κ1) is 32.2. The van der Waals surface area contributed by atoms with E-state index in [1.54, 1.807) is 30.0 Å². The van der Waals surface area contributed by atoms with E-state index in [1.165, 1.54) is 4.31 Å². The van der Waals surface area contributed by atoms with E-state index in [2.05, 4.69) is 5.32 Å². The molecule has 3 aromatic carbocycles. The first-order chi connectivity index (χ1) is 19.5. The second-order valence-corrected chi connectivity index (χ2v) is 12.6. The molecule has 2 amide bonds. The Labute approximate surface area is 249 Å². The van der Waals surface area contributed by atoms with Crippen molar-refractivity contribution in [1.82, 2.24) is 10.2 Å². The summed E-state index contributed by atoms with van der Waals surface area (Å²) in [6, 6.07) is 21.9. The van der Waals surface area contributed by atoms with E-state index in [0.717, 1.165) is 29.4 Å². The predicted molar refractivity (Wildman–Crippen MR) is 167 cm³/mol. The van der Waals surface area contributed by atoms with Gasteiger partial charge in [0.1, 0.15) is 6.04 Å². The van der Waals surface area contributed by atoms with Crippen molar-refractivity contribution in [3.05, 3.63) is 100 Å². The molecule has 0 radical (unpaired) electrons. The molecule has 0 saturated heterocycles. The number of amides is 2. The zero-order chi connectivity index (χ0) is 30.0. The molecule has 0 aliphatic carbocycles. The van der Waals surface area contributed by atoms with Crippen LogP contribution in [0.4, 0.5) is 5.69 Å². The molecule has 0 heterocycles. The minimum absolute atomic E-state index is 0.0732. The van der Waals surface area contributed by atoms with Gasteiger partial charge < -0.3 is 10.2 Å². The van der Waals surface area contributed by atoms with E-state index < -0.39 is 16.1 Å². The van der Waals surface area contributed by atoms with Crippen molar-refractivity contribution in [1.29, 1.82) is 0 Å². The Kier molecular flexibility index (Phi) is 11.8. The van der Waals surface area contributed by atoms with Crippen LogP contribution in [-0.4, -0.2) is 50.5 Å². The molecule has 3 rings (SSSR count). The van der Waals surface area contributed by atoms with Gasteiger partial charge in [-0.1, -0.05) is 84.8 Å². The molecule has 0 bridgehead atoms. The number of anilines is 1. The highest BCUT2D eigenvalue weighted by molar-refractivity contribution is 7.92. The van der Waals surface area contributed by atoms with Crippen LogP contribution in [0.25, 0.3) is 0 Å². The van der Waals surface area contributed by atoms with Crippen molar-refractivity contribution >= 4 is 39.1 Å². The van der Waals surface area contributed by atoms with E-state index in [0.29, 0.717) is 29.2 Å². The summed E-state index contributed by atoms with van der Waals surface area (Å²) in [6.07, 6.45) is 2.64. The number of aryl methyl sites for hydroxylation is 1. The lowest BCUT2D eigenvalue weighted by atomic mass is 10.0. The van der Waals surface area contributed by atoms with Gasteiger partial charge in [0.2, 0.25) is 21.8 Å². The Morgan fingerprint density at radius 2 is 1.63 bits per heavy atom. The summed E-state index contributed by atoms with van der Waals surface area (Å²) >= 11 is 6.27. The van der Waals surface area contributed by atoms with Gasteiger partial charge in [-0.15, -0.1) is 0 Å². The van der Waals surface area contributed by atoms with Crippen LogP contribution < -0.4 is 9.62 Å². The third kappa shape index (κ3) is 9.33. The highest BCUT2D eigenvalue weighted by Crippen LogP contribution is 2.28. The van der Waals surface area contributed by atoms with Crippen molar-refractivity contribution in [3.63, 3.8) is 0 Å². The molecule has 1 atom stereocenters. The maximum absolute atomic E-state index is 13.9. The Morgan fingerprint density at radius 1 is 0.951 bits per heavy atom. The zero-order valence-corrected chi connectivity index (χ0v) is 25.8. The normalized spacial score (nSPS) is 12.0. The molecule has 0 aromatic heterocycles. The van der Waals surface area contributed by atoms with Crippen LogP contribution in [0, 0.1) is 13.8 Å². The molecule has 9 heteroatoms. The van der Waals surface area contributed by atoms with Crippen molar-refractivity contribution < 1.29 is 18.0 Å². The van der Waals surface area contributed by atoms with Crippen LogP contribution in [-0.2, 0) is 32.6 Å². The SMILES string of the molecule is CCCNC(=O)C(Cc1ccccc1)N(Cc1cccc(C)c1)C(=O)CCCN(c1cccc(Cl)c1C)S(C)(=O)=O. The molecular formula is C32H40ClN3O4S. The standard InChI is InChI=1S/C32H40ClN3O4S/c1-5-19-34-32(38)30(22-26-13-7-6-8-14-26)35(23-27-15-9-12-24(2)21-27)31(37)18-11-20-36(41(4,39)40)29-17-10-16-28(33)25(29)3/h6-10,12-17,21,30H,5,11,18-20,22-23H2,1-4H3,(H,34,38). The van der Waals surface area contributed by atoms with E-state index in [9.17, 15) is 18.0 Å². The summed E-state index contributed by atoms with van der Waals surface area (Å²) in [7, 11) is -3.62. The number of sulfonamides is 1. The number of nitrogens with zero attached hydrogens (tertiary/aromatic N) is 2. The van der Waals surface area contributed by atoms with E-state index >= 15 is 0 Å². The zero-order valence-electron chi connectivity index (χ0n) is 24.3. The third-order valence-electron chi connectivity index (χ3n) is 6.92. The molecule has 0 spiro atoms. The second-order valence-electron chi connectivity index (χ2n) is 10.3. The summed E-state index contributed by atoms with van der Waals surface area (Å²) in [5.41, 5.74) is 4.08. The van der Waals surface area contributed by atoms with Gasteiger partial charge in [-0.3, -0.25) is 13.9 Å². The van der Waals surface area contributed by atoms with Crippen LogP contribution in [0.2, 0.25) is 5.02 Å². The largest absolute Gasteiger partial charge is 0.354 e. The van der Waals surface area contributed by atoms with Crippen molar-refractivity contribution in [2.45, 2.75) is 59.0 Å². The van der Waals surface area contributed by atoms with Crippen LogP contribution in [0.5, 0.6) is 0 Å². The molecule has 0 aliphatic rings. The van der Waals surface area contributed by atoms with Crippen LogP contribution in [0.3, 0.4) is 0 Å². The lowest BCUT2D eigenvalue weighted by Gasteiger charge is -2.32. The van der Waals surface area contributed by atoms with Crippen molar-refractivity contribution in [3.8, 4) is 0 Å².